The van der Waals surface area contributed by atoms with Crippen LogP contribution in [0.25, 0.3) is 0 Å². The van der Waals surface area contributed by atoms with Gasteiger partial charge in [-0.15, -0.1) is 0 Å². The van der Waals surface area contributed by atoms with Gasteiger partial charge in [0.05, 0.1) is 17.1 Å². The van der Waals surface area contributed by atoms with Gasteiger partial charge in [-0.2, -0.15) is 0 Å². The summed E-state index contributed by atoms with van der Waals surface area (Å²) in [6, 6.07) is 10.7. The van der Waals surface area contributed by atoms with Crippen molar-refractivity contribution in [1.29, 1.82) is 0 Å². The van der Waals surface area contributed by atoms with Crippen molar-refractivity contribution in [1.82, 2.24) is 0 Å². The number of hydrogen-bond donors (Lipinski definition) is 2. The van der Waals surface area contributed by atoms with Crippen molar-refractivity contribution in [3.05, 3.63) is 57.0 Å². The van der Waals surface area contributed by atoms with Gasteiger partial charge in [-0.3, -0.25) is 14.4 Å². The number of anilines is 2. The highest BCUT2D eigenvalue weighted by atomic mass is 79.9. The lowest BCUT2D eigenvalue weighted by Crippen LogP contribution is -2.22. The Kier molecular flexibility index (Phi) is 8.02. The highest BCUT2D eigenvalue weighted by molar-refractivity contribution is 9.10. The molecule has 0 bridgehead atoms. The molecule has 2 N–H and O–H groups in total. The van der Waals surface area contributed by atoms with E-state index in [1.54, 1.807) is 18.2 Å². The van der Waals surface area contributed by atoms with Crippen molar-refractivity contribution >= 4 is 56.7 Å². The van der Waals surface area contributed by atoms with Gasteiger partial charge in [0, 0.05) is 16.6 Å². The average Bonchev–Trinajstić information content (AvgIpc) is 2.63. The minimum atomic E-state index is -0.632. The van der Waals surface area contributed by atoms with E-state index in [4.69, 9.17) is 16.3 Å². The zero-order chi connectivity index (χ0) is 20.7. The van der Waals surface area contributed by atoms with Crippen LogP contribution in [0.5, 0.6) is 0 Å². The monoisotopic (exact) mass is 466 g/mol. The van der Waals surface area contributed by atoms with Crippen molar-refractivity contribution in [2.45, 2.75) is 26.7 Å². The maximum Gasteiger partial charge on any atom is 0.306 e. The third-order valence-electron chi connectivity index (χ3n) is 3.78. The van der Waals surface area contributed by atoms with Gasteiger partial charge in [-0.1, -0.05) is 45.2 Å². The number of amides is 2. The number of carbonyl (C=O) groups excluding carboxylic acids is 3. The molecule has 2 aromatic rings. The summed E-state index contributed by atoms with van der Waals surface area (Å²) in [6.45, 7) is 3.41. The Morgan fingerprint density at radius 1 is 0.964 bits per heavy atom. The number of esters is 1. The van der Waals surface area contributed by atoms with Crippen LogP contribution in [-0.2, 0) is 19.1 Å². The SMILES string of the molecule is Cc1ccc(NC(=O)CCC(=O)OCC(=O)Nc2ccc(Br)cc2Cl)c(C)c1. The molecular weight excluding hydrogens is 448 g/mol. The number of ether oxygens (including phenoxy) is 1. The molecule has 0 unspecified atom stereocenters. The molecule has 0 aliphatic rings. The molecule has 0 aromatic heterocycles. The summed E-state index contributed by atoms with van der Waals surface area (Å²) in [4.78, 5) is 35.6. The van der Waals surface area contributed by atoms with E-state index in [2.05, 4.69) is 26.6 Å². The summed E-state index contributed by atoms with van der Waals surface area (Å²) in [6.07, 6.45) is -0.157. The molecule has 0 aliphatic heterocycles. The Balaban J connectivity index is 1.73. The van der Waals surface area contributed by atoms with Crippen molar-refractivity contribution in [3.8, 4) is 0 Å². The maximum atomic E-state index is 12.0. The van der Waals surface area contributed by atoms with Gasteiger partial charge in [0.25, 0.3) is 5.91 Å². The van der Waals surface area contributed by atoms with Crippen molar-refractivity contribution in [3.63, 3.8) is 0 Å². The van der Waals surface area contributed by atoms with E-state index in [0.717, 1.165) is 15.6 Å². The van der Waals surface area contributed by atoms with Gasteiger partial charge in [-0.05, 0) is 43.7 Å². The predicted molar refractivity (Wildman–Crippen MR) is 113 cm³/mol. The number of aryl methyl sites for hydroxylation is 2. The van der Waals surface area contributed by atoms with Gasteiger partial charge >= 0.3 is 5.97 Å². The van der Waals surface area contributed by atoms with E-state index >= 15 is 0 Å². The normalized spacial score (nSPS) is 10.3. The Morgan fingerprint density at radius 3 is 2.32 bits per heavy atom. The number of hydrogen-bond acceptors (Lipinski definition) is 4. The first-order chi connectivity index (χ1) is 13.2. The third-order valence-corrected chi connectivity index (χ3v) is 4.59. The van der Waals surface area contributed by atoms with Crippen LogP contribution in [0.4, 0.5) is 11.4 Å². The van der Waals surface area contributed by atoms with E-state index in [-0.39, 0.29) is 18.7 Å². The zero-order valence-electron chi connectivity index (χ0n) is 15.5. The zero-order valence-corrected chi connectivity index (χ0v) is 17.8. The van der Waals surface area contributed by atoms with E-state index in [9.17, 15) is 14.4 Å². The van der Waals surface area contributed by atoms with E-state index in [1.807, 2.05) is 32.0 Å². The molecule has 2 amide bonds. The van der Waals surface area contributed by atoms with Crippen molar-refractivity contribution < 1.29 is 19.1 Å². The molecule has 0 aliphatic carbocycles. The lowest BCUT2D eigenvalue weighted by molar-refractivity contribution is -0.147. The summed E-state index contributed by atoms with van der Waals surface area (Å²) < 4.78 is 5.68. The lowest BCUT2D eigenvalue weighted by atomic mass is 10.1. The van der Waals surface area contributed by atoms with Gasteiger partial charge < -0.3 is 15.4 Å². The average molecular weight is 468 g/mol. The van der Waals surface area contributed by atoms with Crippen LogP contribution >= 0.6 is 27.5 Å². The first kappa shape index (κ1) is 21.9. The highest BCUT2D eigenvalue weighted by Crippen LogP contribution is 2.25. The van der Waals surface area contributed by atoms with Crippen LogP contribution in [0.1, 0.15) is 24.0 Å². The van der Waals surface area contributed by atoms with Crippen LogP contribution in [-0.4, -0.2) is 24.4 Å². The van der Waals surface area contributed by atoms with Gasteiger partial charge in [0.2, 0.25) is 5.91 Å². The summed E-state index contributed by atoms with van der Waals surface area (Å²) in [5, 5.41) is 5.67. The summed E-state index contributed by atoms with van der Waals surface area (Å²) in [7, 11) is 0. The fraction of sp³-hybridized carbons (Fsp3) is 0.250. The second-order valence-corrected chi connectivity index (χ2v) is 7.52. The molecule has 8 heteroatoms. The van der Waals surface area contributed by atoms with Gasteiger partial charge in [0.15, 0.2) is 6.61 Å². The minimum absolute atomic E-state index is 0.0354. The molecule has 0 atom stereocenters. The molecular formula is C20H20BrClN2O4. The molecule has 148 valence electrons. The first-order valence-electron chi connectivity index (χ1n) is 8.52. The van der Waals surface area contributed by atoms with Crippen LogP contribution in [0.3, 0.4) is 0 Å². The predicted octanol–water partition coefficient (Wildman–Crippen LogP) is 4.62. The van der Waals surface area contributed by atoms with Crippen LogP contribution < -0.4 is 10.6 Å². The Bertz CT molecular complexity index is 830. The Morgan fingerprint density at radius 2 is 1.64 bits per heavy atom. The molecule has 0 heterocycles. The van der Waals surface area contributed by atoms with Crippen LogP contribution in [0, 0.1) is 13.8 Å². The van der Waals surface area contributed by atoms with Gasteiger partial charge in [-0.25, -0.2) is 0 Å². The molecule has 2 aromatic carbocycles. The number of carbonyl (C=O) groups is 3. The summed E-state index contributed by atoms with van der Waals surface area (Å²) >= 11 is 9.28. The second kappa shape index (κ2) is 10.2. The third kappa shape index (κ3) is 6.98. The molecule has 28 heavy (non-hydrogen) atoms. The Hall–Kier alpha value is -2.38. The van der Waals surface area contributed by atoms with Crippen LogP contribution in [0.15, 0.2) is 40.9 Å². The molecule has 0 saturated carbocycles. The highest BCUT2D eigenvalue weighted by Gasteiger charge is 2.12. The van der Waals surface area contributed by atoms with E-state index in [0.29, 0.717) is 16.4 Å². The fourth-order valence-electron chi connectivity index (χ4n) is 2.38. The number of benzene rings is 2. The standard InChI is InChI=1S/C20H20BrClN2O4/c1-12-3-5-16(13(2)9-12)23-18(25)7-8-20(27)28-11-19(26)24-17-6-4-14(21)10-15(17)22/h3-6,9-10H,7-8,11H2,1-2H3,(H,23,25)(H,24,26). The fourth-order valence-corrected chi connectivity index (χ4v) is 3.10. The summed E-state index contributed by atoms with van der Waals surface area (Å²) in [5.41, 5.74) is 3.16. The van der Waals surface area contributed by atoms with Crippen molar-refractivity contribution in [2.75, 3.05) is 17.2 Å². The maximum absolute atomic E-state index is 12.0. The summed E-state index contributed by atoms with van der Waals surface area (Å²) in [5.74, 6) is -1.44. The van der Waals surface area contributed by atoms with E-state index < -0.39 is 18.5 Å². The number of halogens is 2. The molecule has 0 radical (unpaired) electrons. The lowest BCUT2D eigenvalue weighted by Gasteiger charge is -2.10. The second-order valence-electron chi connectivity index (χ2n) is 6.20. The topological polar surface area (TPSA) is 84.5 Å². The smallest absolute Gasteiger partial charge is 0.306 e. The van der Waals surface area contributed by atoms with Crippen LogP contribution in [0.2, 0.25) is 5.02 Å². The molecule has 0 fully saturated rings. The molecule has 6 nitrogen and oxygen atoms in total. The number of nitrogens with one attached hydrogen (secondary N) is 2. The Labute approximate surface area is 176 Å². The molecule has 0 spiro atoms. The van der Waals surface area contributed by atoms with Gasteiger partial charge in [0.1, 0.15) is 0 Å². The minimum Gasteiger partial charge on any atom is -0.456 e. The number of rotatable bonds is 7. The molecule has 2 rings (SSSR count). The largest absolute Gasteiger partial charge is 0.456 e. The van der Waals surface area contributed by atoms with E-state index in [1.165, 1.54) is 0 Å². The van der Waals surface area contributed by atoms with Crippen molar-refractivity contribution in [2.24, 2.45) is 0 Å². The quantitative estimate of drug-likeness (QED) is 0.582. The molecule has 0 saturated heterocycles. The first-order valence-corrected chi connectivity index (χ1v) is 9.69.